The monoisotopic (exact) mass is 283 g/mol. The van der Waals surface area contributed by atoms with E-state index in [-0.39, 0.29) is 0 Å². The maximum Gasteiger partial charge on any atom is 0.124 e. The minimum Gasteiger partial charge on any atom is -0.497 e. The zero-order valence-electron chi connectivity index (χ0n) is 12.8. The van der Waals surface area contributed by atoms with E-state index < -0.39 is 0 Å². The van der Waals surface area contributed by atoms with Crippen LogP contribution in [0.4, 0.5) is 0 Å². The number of aromatic amines is 1. The molecule has 3 nitrogen and oxygen atoms in total. The molecule has 0 atom stereocenters. The highest BCUT2D eigenvalue weighted by Crippen LogP contribution is 2.32. The van der Waals surface area contributed by atoms with E-state index in [4.69, 9.17) is 9.47 Å². The van der Waals surface area contributed by atoms with Crippen LogP contribution in [0.15, 0.2) is 30.3 Å². The highest BCUT2D eigenvalue weighted by Gasteiger charge is 2.09. The quantitative estimate of drug-likeness (QED) is 0.681. The SMILES string of the molecule is CCCCOc1cc2[nH]c3cc(OC)ccc3c2cc1C. The molecule has 0 radical (unpaired) electrons. The lowest BCUT2D eigenvalue weighted by Gasteiger charge is -2.08. The second-order valence-electron chi connectivity index (χ2n) is 5.40. The molecule has 2 aromatic carbocycles. The molecule has 0 saturated heterocycles. The third kappa shape index (κ3) is 2.56. The number of hydrogen-bond acceptors (Lipinski definition) is 2. The molecule has 1 aromatic heterocycles. The van der Waals surface area contributed by atoms with Gasteiger partial charge in [-0.3, -0.25) is 0 Å². The predicted molar refractivity (Wildman–Crippen MR) is 87.5 cm³/mol. The molecule has 0 amide bonds. The van der Waals surface area contributed by atoms with Gasteiger partial charge in [-0.2, -0.15) is 0 Å². The van der Waals surface area contributed by atoms with E-state index >= 15 is 0 Å². The van der Waals surface area contributed by atoms with Crippen LogP contribution in [0.25, 0.3) is 21.8 Å². The van der Waals surface area contributed by atoms with Gasteiger partial charge in [-0.15, -0.1) is 0 Å². The fraction of sp³-hybridized carbons (Fsp3) is 0.333. The number of fused-ring (bicyclic) bond motifs is 3. The number of methoxy groups -OCH3 is 1. The van der Waals surface area contributed by atoms with E-state index in [1.54, 1.807) is 7.11 Å². The van der Waals surface area contributed by atoms with E-state index in [0.717, 1.165) is 42.0 Å². The Labute approximate surface area is 124 Å². The third-order valence-corrected chi connectivity index (χ3v) is 3.86. The lowest BCUT2D eigenvalue weighted by Crippen LogP contribution is -1.98. The molecule has 21 heavy (non-hydrogen) atoms. The van der Waals surface area contributed by atoms with Crippen LogP contribution in [0.3, 0.4) is 0 Å². The van der Waals surface area contributed by atoms with Crippen molar-refractivity contribution in [1.82, 2.24) is 4.98 Å². The first-order valence-electron chi connectivity index (χ1n) is 7.46. The number of rotatable bonds is 5. The summed E-state index contributed by atoms with van der Waals surface area (Å²) in [5.74, 6) is 1.83. The molecule has 0 aliphatic heterocycles. The fourth-order valence-electron chi connectivity index (χ4n) is 2.63. The van der Waals surface area contributed by atoms with Gasteiger partial charge in [0.05, 0.1) is 24.8 Å². The van der Waals surface area contributed by atoms with Gasteiger partial charge in [0.2, 0.25) is 0 Å². The maximum absolute atomic E-state index is 5.88. The van der Waals surface area contributed by atoms with E-state index in [2.05, 4.69) is 37.0 Å². The summed E-state index contributed by atoms with van der Waals surface area (Å²) >= 11 is 0. The zero-order valence-corrected chi connectivity index (χ0v) is 12.8. The van der Waals surface area contributed by atoms with Crippen LogP contribution >= 0.6 is 0 Å². The summed E-state index contributed by atoms with van der Waals surface area (Å²) in [5.41, 5.74) is 3.38. The molecular weight excluding hydrogens is 262 g/mol. The van der Waals surface area contributed by atoms with Gasteiger partial charge in [0, 0.05) is 22.9 Å². The molecule has 0 aliphatic carbocycles. The molecule has 1 heterocycles. The van der Waals surface area contributed by atoms with Gasteiger partial charge in [0.1, 0.15) is 11.5 Å². The number of benzene rings is 2. The van der Waals surface area contributed by atoms with Crippen molar-refractivity contribution in [1.29, 1.82) is 0 Å². The van der Waals surface area contributed by atoms with Crippen molar-refractivity contribution in [3.63, 3.8) is 0 Å². The largest absolute Gasteiger partial charge is 0.497 e. The minimum absolute atomic E-state index is 0.775. The summed E-state index contributed by atoms with van der Waals surface area (Å²) in [4.78, 5) is 3.45. The smallest absolute Gasteiger partial charge is 0.124 e. The summed E-state index contributed by atoms with van der Waals surface area (Å²) < 4.78 is 11.2. The lowest BCUT2D eigenvalue weighted by atomic mass is 10.1. The summed E-state index contributed by atoms with van der Waals surface area (Å²) in [6.07, 6.45) is 2.23. The highest BCUT2D eigenvalue weighted by atomic mass is 16.5. The summed E-state index contributed by atoms with van der Waals surface area (Å²) in [6.45, 7) is 5.05. The minimum atomic E-state index is 0.775. The predicted octanol–water partition coefficient (Wildman–Crippen LogP) is 4.82. The van der Waals surface area contributed by atoms with Gasteiger partial charge < -0.3 is 14.5 Å². The Morgan fingerprint density at radius 1 is 1.05 bits per heavy atom. The van der Waals surface area contributed by atoms with E-state index in [9.17, 15) is 0 Å². The molecule has 0 spiro atoms. The van der Waals surface area contributed by atoms with Crippen molar-refractivity contribution in [3.8, 4) is 11.5 Å². The Hall–Kier alpha value is -2.16. The zero-order chi connectivity index (χ0) is 14.8. The number of H-pyrrole nitrogens is 1. The highest BCUT2D eigenvalue weighted by molar-refractivity contribution is 6.08. The van der Waals surface area contributed by atoms with Crippen LogP contribution in [0, 0.1) is 6.92 Å². The van der Waals surface area contributed by atoms with Gasteiger partial charge >= 0.3 is 0 Å². The normalized spacial score (nSPS) is 11.2. The summed E-state index contributed by atoms with van der Waals surface area (Å²) in [6, 6.07) is 10.4. The van der Waals surface area contributed by atoms with Crippen LogP contribution in [0.2, 0.25) is 0 Å². The van der Waals surface area contributed by atoms with E-state index in [0.29, 0.717) is 0 Å². The summed E-state index contributed by atoms with van der Waals surface area (Å²) in [7, 11) is 1.69. The van der Waals surface area contributed by atoms with Crippen molar-refractivity contribution in [2.24, 2.45) is 0 Å². The Kier molecular flexibility index (Phi) is 3.74. The number of nitrogens with one attached hydrogen (secondary N) is 1. The van der Waals surface area contributed by atoms with Crippen molar-refractivity contribution in [2.45, 2.75) is 26.7 Å². The molecule has 0 fully saturated rings. The van der Waals surface area contributed by atoms with Crippen molar-refractivity contribution < 1.29 is 9.47 Å². The molecule has 0 aliphatic rings. The Balaban J connectivity index is 2.06. The fourth-order valence-corrected chi connectivity index (χ4v) is 2.63. The van der Waals surface area contributed by atoms with E-state index in [1.807, 2.05) is 12.1 Å². The molecule has 0 saturated carbocycles. The topological polar surface area (TPSA) is 34.2 Å². The van der Waals surface area contributed by atoms with Gasteiger partial charge in [-0.05, 0) is 37.1 Å². The van der Waals surface area contributed by atoms with Gasteiger partial charge in [0.25, 0.3) is 0 Å². The first kappa shape index (κ1) is 13.8. The van der Waals surface area contributed by atoms with E-state index in [1.165, 1.54) is 16.3 Å². The van der Waals surface area contributed by atoms with Crippen molar-refractivity contribution >= 4 is 21.8 Å². The average Bonchev–Trinajstić information content (AvgIpc) is 2.84. The first-order valence-corrected chi connectivity index (χ1v) is 7.46. The number of aromatic nitrogens is 1. The van der Waals surface area contributed by atoms with Gasteiger partial charge in [-0.25, -0.2) is 0 Å². The molecule has 3 heteroatoms. The molecule has 3 rings (SSSR count). The molecule has 110 valence electrons. The van der Waals surface area contributed by atoms with Crippen LogP contribution in [0.1, 0.15) is 25.3 Å². The van der Waals surface area contributed by atoms with Crippen LogP contribution in [-0.2, 0) is 0 Å². The maximum atomic E-state index is 5.88. The molecule has 0 bridgehead atoms. The van der Waals surface area contributed by atoms with Gasteiger partial charge in [-0.1, -0.05) is 13.3 Å². The number of aryl methyl sites for hydroxylation is 1. The number of unbranched alkanes of at least 4 members (excludes halogenated alkanes) is 1. The van der Waals surface area contributed by atoms with Crippen molar-refractivity contribution in [3.05, 3.63) is 35.9 Å². The Morgan fingerprint density at radius 2 is 1.86 bits per heavy atom. The second-order valence-corrected chi connectivity index (χ2v) is 5.40. The molecular formula is C18H21NO2. The molecule has 0 unspecified atom stereocenters. The molecule has 1 N–H and O–H groups in total. The Bertz CT molecular complexity index is 774. The first-order chi connectivity index (χ1) is 10.2. The summed E-state index contributed by atoms with van der Waals surface area (Å²) in [5, 5.41) is 2.45. The Morgan fingerprint density at radius 3 is 2.62 bits per heavy atom. The van der Waals surface area contributed by atoms with Crippen LogP contribution < -0.4 is 9.47 Å². The second kappa shape index (κ2) is 5.68. The number of hydrogen-bond donors (Lipinski definition) is 1. The average molecular weight is 283 g/mol. The van der Waals surface area contributed by atoms with Crippen molar-refractivity contribution in [2.75, 3.05) is 13.7 Å². The standard InChI is InChI=1S/C18H21NO2/c1-4-5-8-21-18-11-17-15(9-12(18)2)14-7-6-13(20-3)10-16(14)19-17/h6-7,9-11,19H,4-5,8H2,1-3H3. The van der Waals surface area contributed by atoms with Crippen LogP contribution in [-0.4, -0.2) is 18.7 Å². The van der Waals surface area contributed by atoms with Crippen LogP contribution in [0.5, 0.6) is 11.5 Å². The number of ether oxygens (including phenoxy) is 2. The third-order valence-electron chi connectivity index (χ3n) is 3.86. The molecule has 3 aromatic rings. The van der Waals surface area contributed by atoms with Gasteiger partial charge in [0.15, 0.2) is 0 Å². The lowest BCUT2D eigenvalue weighted by molar-refractivity contribution is 0.308.